The Bertz CT molecular complexity index is 1140. The van der Waals surface area contributed by atoms with Crippen molar-refractivity contribution in [3.05, 3.63) is 83.4 Å². The Morgan fingerprint density at radius 1 is 1.06 bits per heavy atom. The van der Waals surface area contributed by atoms with Gasteiger partial charge >= 0.3 is 0 Å². The van der Waals surface area contributed by atoms with E-state index in [0.717, 1.165) is 11.3 Å². The fraction of sp³-hybridized carbons (Fsp3) is 0.200. The van der Waals surface area contributed by atoms with E-state index < -0.39 is 5.92 Å². The van der Waals surface area contributed by atoms with Gasteiger partial charge < -0.3 is 14.4 Å². The summed E-state index contributed by atoms with van der Waals surface area (Å²) in [6.45, 7) is 0.552. The fourth-order valence-electron chi connectivity index (χ4n) is 3.66. The number of nitrogens with zero attached hydrogens (tertiary/aromatic N) is 1. The predicted molar refractivity (Wildman–Crippen MR) is 127 cm³/mol. The lowest BCUT2D eigenvalue weighted by molar-refractivity contribution is -0.125. The highest BCUT2D eigenvalue weighted by Crippen LogP contribution is 2.36. The minimum Gasteiger partial charge on any atom is -0.493 e. The van der Waals surface area contributed by atoms with Crippen LogP contribution in [0.4, 0.5) is 11.4 Å². The van der Waals surface area contributed by atoms with E-state index in [-0.39, 0.29) is 24.8 Å². The van der Waals surface area contributed by atoms with E-state index in [1.165, 1.54) is 0 Å². The first-order valence-electron chi connectivity index (χ1n) is 10.5. The van der Waals surface area contributed by atoms with Gasteiger partial charge in [-0.15, -0.1) is 0 Å². The molecule has 8 heteroatoms. The number of carbonyl (C=O) groups is 2. The molecule has 170 valence electrons. The van der Waals surface area contributed by atoms with Gasteiger partial charge in [-0.3, -0.25) is 20.4 Å². The lowest BCUT2D eigenvalue weighted by Crippen LogP contribution is -2.36. The molecule has 0 bridgehead atoms. The monoisotopic (exact) mass is 465 g/mol. The molecule has 1 atom stereocenters. The van der Waals surface area contributed by atoms with Gasteiger partial charge in [0.1, 0.15) is 6.61 Å². The van der Waals surface area contributed by atoms with Crippen LogP contribution in [-0.4, -0.2) is 25.5 Å². The molecule has 33 heavy (non-hydrogen) atoms. The highest BCUT2D eigenvalue weighted by Gasteiger charge is 2.35. The van der Waals surface area contributed by atoms with Gasteiger partial charge in [0, 0.05) is 29.2 Å². The molecule has 7 nitrogen and oxygen atoms in total. The van der Waals surface area contributed by atoms with Gasteiger partial charge in [0.15, 0.2) is 11.5 Å². The molecule has 1 saturated heterocycles. The lowest BCUT2D eigenvalue weighted by atomic mass is 10.1. The topological polar surface area (TPSA) is 79.9 Å². The SMILES string of the molecule is COc1cccc(NNC(=O)[C@H]2CC(=O)N(c3ccccc3)C2)c1OCc1ccccc1Cl. The maximum atomic E-state index is 12.8. The second-order valence-corrected chi connectivity index (χ2v) is 7.98. The fourth-order valence-corrected chi connectivity index (χ4v) is 3.85. The Kier molecular flexibility index (Phi) is 7.00. The summed E-state index contributed by atoms with van der Waals surface area (Å²) in [5.74, 6) is 0.123. The van der Waals surface area contributed by atoms with Crippen LogP contribution in [0.15, 0.2) is 72.8 Å². The van der Waals surface area contributed by atoms with Crippen molar-refractivity contribution in [2.75, 3.05) is 24.0 Å². The minimum atomic E-state index is -0.469. The third-order valence-corrected chi connectivity index (χ3v) is 5.78. The zero-order chi connectivity index (χ0) is 23.2. The molecule has 0 aliphatic carbocycles. The van der Waals surface area contributed by atoms with Crippen LogP contribution in [0.25, 0.3) is 0 Å². The molecule has 3 aromatic carbocycles. The van der Waals surface area contributed by atoms with Crippen LogP contribution in [0, 0.1) is 5.92 Å². The van der Waals surface area contributed by atoms with E-state index in [4.69, 9.17) is 21.1 Å². The van der Waals surface area contributed by atoms with Gasteiger partial charge in [-0.05, 0) is 30.3 Å². The Hall–Kier alpha value is -3.71. The molecular weight excluding hydrogens is 442 g/mol. The zero-order valence-corrected chi connectivity index (χ0v) is 18.8. The summed E-state index contributed by atoms with van der Waals surface area (Å²) >= 11 is 6.23. The lowest BCUT2D eigenvalue weighted by Gasteiger charge is -2.19. The Labute approximate surface area is 197 Å². The number of benzene rings is 3. The molecular formula is C25H24ClN3O4. The van der Waals surface area contributed by atoms with Crippen LogP contribution >= 0.6 is 11.6 Å². The smallest absolute Gasteiger partial charge is 0.243 e. The third kappa shape index (κ3) is 5.21. The normalized spacial score (nSPS) is 15.3. The molecule has 1 heterocycles. The number of hydrogen-bond acceptors (Lipinski definition) is 5. The zero-order valence-electron chi connectivity index (χ0n) is 18.1. The van der Waals surface area contributed by atoms with Crippen molar-refractivity contribution in [2.24, 2.45) is 5.92 Å². The van der Waals surface area contributed by atoms with E-state index in [1.54, 1.807) is 36.3 Å². The molecule has 0 saturated carbocycles. The summed E-state index contributed by atoms with van der Waals surface area (Å²) in [7, 11) is 1.54. The molecule has 1 aliphatic heterocycles. The van der Waals surface area contributed by atoms with Crippen molar-refractivity contribution in [3.63, 3.8) is 0 Å². The Morgan fingerprint density at radius 2 is 1.82 bits per heavy atom. The maximum Gasteiger partial charge on any atom is 0.243 e. The van der Waals surface area contributed by atoms with Crippen LogP contribution < -0.4 is 25.2 Å². The van der Waals surface area contributed by atoms with Crippen LogP contribution in [0.2, 0.25) is 5.02 Å². The molecule has 4 rings (SSSR count). The van der Waals surface area contributed by atoms with Gasteiger partial charge in [-0.1, -0.05) is 54.1 Å². The van der Waals surface area contributed by atoms with Crippen molar-refractivity contribution in [1.82, 2.24) is 5.43 Å². The third-order valence-electron chi connectivity index (χ3n) is 5.41. The number of halogens is 1. The summed E-state index contributed by atoms with van der Waals surface area (Å²) in [6, 6.07) is 22.1. The van der Waals surface area contributed by atoms with Crippen molar-refractivity contribution in [2.45, 2.75) is 13.0 Å². The first-order chi connectivity index (χ1) is 16.1. The molecule has 0 spiro atoms. The molecule has 2 amide bonds. The highest BCUT2D eigenvalue weighted by atomic mass is 35.5. The number of ether oxygens (including phenoxy) is 2. The number of nitrogens with one attached hydrogen (secondary N) is 2. The summed E-state index contributed by atoms with van der Waals surface area (Å²) in [5.41, 5.74) is 7.76. The van der Waals surface area contributed by atoms with E-state index >= 15 is 0 Å². The standard InChI is InChI=1S/C25H24ClN3O4/c1-32-22-13-7-12-21(24(22)33-16-17-8-5-6-11-20(17)26)27-28-25(31)18-14-23(30)29(15-18)19-9-3-2-4-10-19/h2-13,18,27H,14-16H2,1H3,(H,28,31)/t18-/m0/s1. The van der Waals surface area contributed by atoms with E-state index in [1.807, 2.05) is 48.5 Å². The van der Waals surface area contributed by atoms with Crippen LogP contribution in [0.3, 0.4) is 0 Å². The first-order valence-corrected chi connectivity index (χ1v) is 10.9. The predicted octanol–water partition coefficient (Wildman–Crippen LogP) is 4.42. The van der Waals surface area contributed by atoms with Gasteiger partial charge in [0.25, 0.3) is 0 Å². The average Bonchev–Trinajstić information content (AvgIpc) is 3.24. The summed E-state index contributed by atoms with van der Waals surface area (Å²) in [5, 5.41) is 0.601. The minimum absolute atomic E-state index is 0.0773. The number of methoxy groups -OCH3 is 1. The van der Waals surface area contributed by atoms with Crippen LogP contribution in [-0.2, 0) is 16.2 Å². The number of carbonyl (C=O) groups excluding carboxylic acids is 2. The van der Waals surface area contributed by atoms with Crippen LogP contribution in [0.1, 0.15) is 12.0 Å². The molecule has 2 N–H and O–H groups in total. The van der Waals surface area contributed by atoms with E-state index in [2.05, 4.69) is 10.9 Å². The largest absolute Gasteiger partial charge is 0.493 e. The number of anilines is 2. The summed E-state index contributed by atoms with van der Waals surface area (Å²) in [6.07, 6.45) is 0.149. The van der Waals surface area contributed by atoms with Gasteiger partial charge in [0.05, 0.1) is 18.7 Å². The number of para-hydroxylation sites is 2. The number of amides is 2. The van der Waals surface area contributed by atoms with Gasteiger partial charge in [0.2, 0.25) is 11.8 Å². The number of hydrogen-bond donors (Lipinski definition) is 2. The number of rotatable bonds is 8. The van der Waals surface area contributed by atoms with Crippen molar-refractivity contribution in [3.8, 4) is 11.5 Å². The quantitative estimate of drug-likeness (QED) is 0.481. The summed E-state index contributed by atoms with van der Waals surface area (Å²) in [4.78, 5) is 26.8. The molecule has 0 aromatic heterocycles. The van der Waals surface area contributed by atoms with Crippen molar-refractivity contribution >= 4 is 34.8 Å². The molecule has 0 unspecified atom stereocenters. The Balaban J connectivity index is 1.42. The van der Waals surface area contributed by atoms with Gasteiger partial charge in [-0.2, -0.15) is 0 Å². The first kappa shape index (κ1) is 22.5. The maximum absolute atomic E-state index is 12.8. The average molecular weight is 466 g/mol. The highest BCUT2D eigenvalue weighted by molar-refractivity contribution is 6.31. The second kappa shape index (κ2) is 10.3. The van der Waals surface area contributed by atoms with Crippen molar-refractivity contribution in [1.29, 1.82) is 0 Å². The summed E-state index contributed by atoms with van der Waals surface area (Å²) < 4.78 is 11.4. The second-order valence-electron chi connectivity index (χ2n) is 7.57. The van der Waals surface area contributed by atoms with Gasteiger partial charge in [-0.25, -0.2) is 0 Å². The number of hydrazine groups is 1. The Morgan fingerprint density at radius 3 is 2.58 bits per heavy atom. The van der Waals surface area contributed by atoms with Crippen LogP contribution in [0.5, 0.6) is 11.5 Å². The van der Waals surface area contributed by atoms with E-state index in [0.29, 0.717) is 28.8 Å². The molecule has 0 radical (unpaired) electrons. The van der Waals surface area contributed by atoms with E-state index in [9.17, 15) is 9.59 Å². The molecule has 1 fully saturated rings. The van der Waals surface area contributed by atoms with Crippen molar-refractivity contribution < 1.29 is 19.1 Å². The molecule has 1 aliphatic rings. The molecule has 3 aromatic rings.